The standard InChI is InChI=1S/C28H36N2O5/c1-21(27(32)33)30-19-11-3-2-10-16-24(26(30)31)29-25(18-17-22-12-6-4-7-13-22)28(34)35-20-23-14-8-5-9-15-23/h4-9,12-15,21,24-25,29H,2-3,10-11,16-20H2,1H3,(H,32,33). The SMILES string of the molecule is CC(C(=O)O)N1CCCCCCC(NC(CCc2ccccc2)C(=O)OCc2ccccc2)C1=O. The van der Waals surface area contributed by atoms with Crippen molar-refractivity contribution in [2.24, 2.45) is 0 Å². The van der Waals surface area contributed by atoms with Crippen molar-refractivity contribution in [1.29, 1.82) is 0 Å². The van der Waals surface area contributed by atoms with Crippen molar-refractivity contribution < 1.29 is 24.2 Å². The average molecular weight is 481 g/mol. The van der Waals surface area contributed by atoms with E-state index in [1.807, 2.05) is 60.7 Å². The second kappa shape index (κ2) is 13.6. The van der Waals surface area contributed by atoms with Gasteiger partial charge in [0.15, 0.2) is 0 Å². The number of aliphatic carboxylic acids is 1. The first-order valence-electron chi connectivity index (χ1n) is 12.5. The molecule has 0 aromatic heterocycles. The van der Waals surface area contributed by atoms with Gasteiger partial charge in [0, 0.05) is 6.54 Å². The van der Waals surface area contributed by atoms with Crippen LogP contribution in [0.3, 0.4) is 0 Å². The number of carbonyl (C=O) groups is 3. The molecule has 3 rings (SSSR count). The van der Waals surface area contributed by atoms with Crippen LogP contribution < -0.4 is 5.32 Å². The summed E-state index contributed by atoms with van der Waals surface area (Å²) in [5, 5.41) is 12.8. The van der Waals surface area contributed by atoms with Crippen molar-refractivity contribution in [2.75, 3.05) is 6.54 Å². The van der Waals surface area contributed by atoms with Gasteiger partial charge in [0.2, 0.25) is 5.91 Å². The lowest BCUT2D eigenvalue weighted by atomic mass is 10.0. The van der Waals surface area contributed by atoms with Crippen LogP contribution in [0.5, 0.6) is 0 Å². The maximum absolute atomic E-state index is 13.5. The van der Waals surface area contributed by atoms with Crippen LogP contribution in [0.1, 0.15) is 56.6 Å². The Kier molecular flexibility index (Phi) is 10.3. The Morgan fingerprint density at radius 1 is 1.00 bits per heavy atom. The highest BCUT2D eigenvalue weighted by molar-refractivity contribution is 5.87. The number of ether oxygens (including phenoxy) is 1. The Morgan fingerprint density at radius 2 is 1.63 bits per heavy atom. The number of esters is 1. The molecule has 1 fully saturated rings. The molecular formula is C28H36N2O5. The van der Waals surface area contributed by atoms with Crippen LogP contribution in [-0.2, 0) is 32.1 Å². The van der Waals surface area contributed by atoms with E-state index >= 15 is 0 Å². The first kappa shape index (κ1) is 26.4. The van der Waals surface area contributed by atoms with Crippen molar-refractivity contribution in [3.8, 4) is 0 Å². The molecule has 1 aliphatic rings. The average Bonchev–Trinajstić information content (AvgIpc) is 2.96. The quantitative estimate of drug-likeness (QED) is 0.500. The summed E-state index contributed by atoms with van der Waals surface area (Å²) in [5.74, 6) is -1.70. The summed E-state index contributed by atoms with van der Waals surface area (Å²) in [7, 11) is 0. The third-order valence-electron chi connectivity index (χ3n) is 6.52. The van der Waals surface area contributed by atoms with Crippen molar-refractivity contribution in [1.82, 2.24) is 10.2 Å². The van der Waals surface area contributed by atoms with Gasteiger partial charge in [-0.1, -0.05) is 79.9 Å². The predicted molar refractivity (Wildman–Crippen MR) is 134 cm³/mol. The van der Waals surface area contributed by atoms with E-state index in [1.54, 1.807) is 0 Å². The maximum atomic E-state index is 13.5. The fourth-order valence-corrected chi connectivity index (χ4v) is 4.39. The van der Waals surface area contributed by atoms with E-state index < -0.39 is 30.1 Å². The summed E-state index contributed by atoms with van der Waals surface area (Å²) < 4.78 is 5.63. The molecule has 0 saturated carbocycles. The van der Waals surface area contributed by atoms with Crippen LogP contribution in [0.25, 0.3) is 0 Å². The summed E-state index contributed by atoms with van der Waals surface area (Å²) in [5.41, 5.74) is 1.99. The third kappa shape index (κ3) is 8.21. The molecule has 1 aliphatic heterocycles. The van der Waals surface area contributed by atoms with Gasteiger partial charge in [0.1, 0.15) is 18.7 Å². The van der Waals surface area contributed by atoms with Crippen LogP contribution in [0, 0.1) is 0 Å². The minimum absolute atomic E-state index is 0.157. The second-order valence-corrected chi connectivity index (χ2v) is 9.14. The van der Waals surface area contributed by atoms with E-state index in [9.17, 15) is 19.5 Å². The fraction of sp³-hybridized carbons (Fsp3) is 0.464. The first-order chi connectivity index (χ1) is 17.0. The van der Waals surface area contributed by atoms with E-state index in [1.165, 1.54) is 11.8 Å². The van der Waals surface area contributed by atoms with Crippen LogP contribution >= 0.6 is 0 Å². The number of hydrogen-bond acceptors (Lipinski definition) is 5. The number of carboxylic acid groups (broad SMARTS) is 1. The Balaban J connectivity index is 1.76. The predicted octanol–water partition coefficient (Wildman–Crippen LogP) is 3.96. The number of benzene rings is 2. The summed E-state index contributed by atoms with van der Waals surface area (Å²) in [4.78, 5) is 39.7. The summed E-state index contributed by atoms with van der Waals surface area (Å²) >= 11 is 0. The Bertz CT molecular complexity index is 950. The minimum atomic E-state index is -1.03. The summed E-state index contributed by atoms with van der Waals surface area (Å²) in [6.45, 7) is 2.10. The van der Waals surface area contributed by atoms with Gasteiger partial charge in [-0.2, -0.15) is 0 Å². The van der Waals surface area contributed by atoms with Gasteiger partial charge in [-0.15, -0.1) is 0 Å². The zero-order chi connectivity index (χ0) is 25.0. The number of carboxylic acids is 1. The molecule has 1 heterocycles. The molecule has 7 nitrogen and oxygen atoms in total. The number of rotatable bonds is 10. The van der Waals surface area contributed by atoms with Gasteiger partial charge in [-0.05, 0) is 43.7 Å². The van der Waals surface area contributed by atoms with Crippen LogP contribution in [0.15, 0.2) is 60.7 Å². The van der Waals surface area contributed by atoms with Crippen molar-refractivity contribution >= 4 is 17.8 Å². The first-order valence-corrected chi connectivity index (χ1v) is 12.5. The molecule has 2 aromatic rings. The van der Waals surface area contributed by atoms with Gasteiger partial charge >= 0.3 is 11.9 Å². The largest absolute Gasteiger partial charge is 0.480 e. The normalized spacial score (nSPS) is 18.6. The number of nitrogens with zero attached hydrogens (tertiary/aromatic N) is 1. The van der Waals surface area contributed by atoms with Crippen LogP contribution in [0.2, 0.25) is 0 Å². The molecule has 2 N–H and O–H groups in total. The van der Waals surface area contributed by atoms with E-state index in [0.29, 0.717) is 25.8 Å². The molecule has 188 valence electrons. The van der Waals surface area contributed by atoms with Crippen LogP contribution in [-0.4, -0.2) is 52.5 Å². The third-order valence-corrected chi connectivity index (χ3v) is 6.52. The highest BCUT2D eigenvalue weighted by Gasteiger charge is 2.34. The molecule has 35 heavy (non-hydrogen) atoms. The van der Waals surface area contributed by atoms with E-state index in [-0.39, 0.29) is 12.5 Å². The highest BCUT2D eigenvalue weighted by atomic mass is 16.5. The smallest absolute Gasteiger partial charge is 0.326 e. The monoisotopic (exact) mass is 480 g/mol. The molecule has 3 atom stereocenters. The molecule has 3 unspecified atom stereocenters. The van der Waals surface area contributed by atoms with Crippen molar-refractivity contribution in [3.63, 3.8) is 0 Å². The Labute approximate surface area is 207 Å². The number of nitrogens with one attached hydrogen (secondary N) is 1. The van der Waals surface area contributed by atoms with Gasteiger partial charge in [0.05, 0.1) is 6.04 Å². The van der Waals surface area contributed by atoms with E-state index in [2.05, 4.69) is 5.32 Å². The van der Waals surface area contributed by atoms with Crippen molar-refractivity contribution in [3.05, 3.63) is 71.8 Å². The zero-order valence-corrected chi connectivity index (χ0v) is 20.4. The van der Waals surface area contributed by atoms with Crippen molar-refractivity contribution in [2.45, 2.75) is 76.6 Å². The lowest BCUT2D eigenvalue weighted by Crippen LogP contribution is -2.55. The number of aryl methyl sites for hydroxylation is 1. The maximum Gasteiger partial charge on any atom is 0.326 e. The van der Waals surface area contributed by atoms with E-state index in [0.717, 1.165) is 36.8 Å². The molecule has 0 bridgehead atoms. The minimum Gasteiger partial charge on any atom is -0.480 e. The summed E-state index contributed by atoms with van der Waals surface area (Å²) in [6.07, 6.45) is 5.18. The van der Waals surface area contributed by atoms with Gasteiger partial charge in [-0.3, -0.25) is 14.9 Å². The molecule has 7 heteroatoms. The molecular weight excluding hydrogens is 444 g/mol. The lowest BCUT2D eigenvalue weighted by molar-refractivity contribution is -0.152. The van der Waals surface area contributed by atoms with Gasteiger partial charge in [0.25, 0.3) is 0 Å². The molecule has 0 radical (unpaired) electrons. The zero-order valence-electron chi connectivity index (χ0n) is 20.4. The summed E-state index contributed by atoms with van der Waals surface area (Å²) in [6, 6.07) is 17.1. The molecule has 2 aromatic carbocycles. The lowest BCUT2D eigenvalue weighted by Gasteiger charge is -2.31. The van der Waals surface area contributed by atoms with Gasteiger partial charge < -0.3 is 14.7 Å². The molecule has 0 spiro atoms. The molecule has 1 amide bonds. The fourth-order valence-electron chi connectivity index (χ4n) is 4.39. The molecule has 1 saturated heterocycles. The highest BCUT2D eigenvalue weighted by Crippen LogP contribution is 2.17. The number of carbonyl (C=O) groups excluding carboxylic acids is 2. The Hall–Kier alpha value is -3.19. The van der Waals surface area contributed by atoms with Crippen LogP contribution in [0.4, 0.5) is 0 Å². The van der Waals surface area contributed by atoms with Gasteiger partial charge in [-0.25, -0.2) is 4.79 Å². The molecule has 0 aliphatic carbocycles. The second-order valence-electron chi connectivity index (χ2n) is 9.14. The number of amides is 1. The Morgan fingerprint density at radius 3 is 2.29 bits per heavy atom. The van der Waals surface area contributed by atoms with E-state index in [4.69, 9.17) is 4.74 Å². The topological polar surface area (TPSA) is 95.9 Å². The number of hydrogen-bond donors (Lipinski definition) is 2.